The van der Waals surface area contributed by atoms with Gasteiger partial charge in [0.1, 0.15) is 0 Å². The summed E-state index contributed by atoms with van der Waals surface area (Å²) in [6.07, 6.45) is 0.611. The van der Waals surface area contributed by atoms with E-state index in [1.54, 1.807) is 4.90 Å². The van der Waals surface area contributed by atoms with Gasteiger partial charge in [0.2, 0.25) is 5.91 Å². The van der Waals surface area contributed by atoms with E-state index in [4.69, 9.17) is 5.53 Å². The van der Waals surface area contributed by atoms with E-state index in [1.165, 1.54) is 0 Å². The molecule has 1 amide bonds. The Morgan fingerprint density at radius 3 is 2.80 bits per heavy atom. The molecule has 0 unspecified atom stereocenters. The van der Waals surface area contributed by atoms with Gasteiger partial charge in [-0.1, -0.05) is 5.11 Å². The molecule has 6 heteroatoms. The molecule has 6 nitrogen and oxygen atoms in total. The zero-order chi connectivity index (χ0) is 11.3. The highest BCUT2D eigenvalue weighted by atomic mass is 16.2. The Morgan fingerprint density at radius 1 is 1.60 bits per heavy atom. The van der Waals surface area contributed by atoms with Crippen LogP contribution in [0.3, 0.4) is 0 Å². The molecule has 1 aliphatic rings. The van der Waals surface area contributed by atoms with Gasteiger partial charge >= 0.3 is 0 Å². The van der Waals surface area contributed by atoms with Crippen LogP contribution in [-0.2, 0) is 4.79 Å². The molecule has 0 aliphatic carbocycles. The minimum absolute atomic E-state index is 0.0838. The fourth-order valence-electron chi connectivity index (χ4n) is 1.82. The van der Waals surface area contributed by atoms with Gasteiger partial charge in [-0.2, -0.15) is 0 Å². The SMILES string of the molecule is CCN(CC)C(=O)[C@@H]1C[C@H](N=[N+]=[N-])CN1. The smallest absolute Gasteiger partial charge is 0.239 e. The number of nitrogens with one attached hydrogen (secondary N) is 1. The van der Waals surface area contributed by atoms with Crippen molar-refractivity contribution < 1.29 is 4.79 Å². The van der Waals surface area contributed by atoms with Crippen molar-refractivity contribution in [2.24, 2.45) is 5.11 Å². The van der Waals surface area contributed by atoms with E-state index >= 15 is 0 Å². The Kier molecular flexibility index (Phi) is 4.39. The van der Waals surface area contributed by atoms with E-state index in [0.717, 1.165) is 13.1 Å². The van der Waals surface area contributed by atoms with Crippen molar-refractivity contribution in [3.63, 3.8) is 0 Å². The quantitative estimate of drug-likeness (QED) is 0.425. The lowest BCUT2D eigenvalue weighted by molar-refractivity contribution is -0.132. The Balaban J connectivity index is 2.52. The number of azide groups is 1. The lowest BCUT2D eigenvalue weighted by Gasteiger charge is -2.22. The molecule has 0 radical (unpaired) electrons. The molecule has 1 rings (SSSR count). The molecule has 0 saturated carbocycles. The monoisotopic (exact) mass is 211 g/mol. The third-order valence-corrected chi connectivity index (χ3v) is 2.70. The maximum absolute atomic E-state index is 11.9. The lowest BCUT2D eigenvalue weighted by atomic mass is 10.1. The van der Waals surface area contributed by atoms with Crippen molar-refractivity contribution >= 4 is 5.91 Å². The molecule has 1 N–H and O–H groups in total. The van der Waals surface area contributed by atoms with Gasteiger partial charge in [0.15, 0.2) is 0 Å². The first-order valence-corrected chi connectivity index (χ1v) is 5.29. The molecule has 1 aliphatic heterocycles. The maximum Gasteiger partial charge on any atom is 0.239 e. The van der Waals surface area contributed by atoms with Gasteiger partial charge < -0.3 is 10.2 Å². The zero-order valence-electron chi connectivity index (χ0n) is 9.18. The highest BCUT2D eigenvalue weighted by molar-refractivity contribution is 5.82. The highest BCUT2D eigenvalue weighted by Gasteiger charge is 2.30. The van der Waals surface area contributed by atoms with Crippen molar-refractivity contribution in [3.8, 4) is 0 Å². The summed E-state index contributed by atoms with van der Waals surface area (Å²) in [6.45, 7) is 5.96. The van der Waals surface area contributed by atoms with Gasteiger partial charge in [-0.25, -0.2) is 0 Å². The minimum Gasteiger partial charge on any atom is -0.342 e. The van der Waals surface area contributed by atoms with Crippen molar-refractivity contribution in [3.05, 3.63) is 10.4 Å². The average molecular weight is 211 g/mol. The van der Waals surface area contributed by atoms with Crippen LogP contribution in [0.1, 0.15) is 20.3 Å². The van der Waals surface area contributed by atoms with E-state index in [2.05, 4.69) is 15.3 Å². The maximum atomic E-state index is 11.9. The summed E-state index contributed by atoms with van der Waals surface area (Å²) in [5, 5.41) is 6.70. The Hall–Kier alpha value is -1.26. The summed E-state index contributed by atoms with van der Waals surface area (Å²) in [4.78, 5) is 16.4. The molecule has 1 fully saturated rings. The van der Waals surface area contributed by atoms with Gasteiger partial charge in [-0.05, 0) is 25.8 Å². The van der Waals surface area contributed by atoms with Crippen molar-refractivity contribution in [1.29, 1.82) is 0 Å². The first kappa shape index (κ1) is 11.8. The second-order valence-corrected chi connectivity index (χ2v) is 3.57. The van der Waals surface area contributed by atoms with Crippen LogP contribution in [0.4, 0.5) is 0 Å². The van der Waals surface area contributed by atoms with E-state index in [-0.39, 0.29) is 18.0 Å². The van der Waals surface area contributed by atoms with Gasteiger partial charge in [0.25, 0.3) is 0 Å². The fraction of sp³-hybridized carbons (Fsp3) is 0.889. The van der Waals surface area contributed by atoms with Gasteiger partial charge in [0, 0.05) is 24.5 Å². The molecule has 0 aromatic carbocycles. The third-order valence-electron chi connectivity index (χ3n) is 2.70. The van der Waals surface area contributed by atoms with E-state index in [9.17, 15) is 4.79 Å². The highest BCUT2D eigenvalue weighted by Crippen LogP contribution is 2.12. The summed E-state index contributed by atoms with van der Waals surface area (Å²) >= 11 is 0. The second kappa shape index (κ2) is 5.58. The minimum atomic E-state index is -0.180. The van der Waals surface area contributed by atoms with Gasteiger partial charge in [0.05, 0.1) is 12.1 Å². The average Bonchev–Trinajstić information content (AvgIpc) is 2.68. The van der Waals surface area contributed by atoms with Crippen LogP contribution >= 0.6 is 0 Å². The first-order valence-electron chi connectivity index (χ1n) is 5.29. The summed E-state index contributed by atoms with van der Waals surface area (Å²) in [5.74, 6) is 0.107. The standard InChI is InChI=1S/C9H17N5O/c1-3-14(4-2)9(15)8-5-7(6-11-8)12-13-10/h7-8,11H,3-6H2,1-2H3/t7-,8-/m0/s1. The summed E-state index contributed by atoms with van der Waals surface area (Å²) in [6, 6.07) is -0.264. The van der Waals surface area contributed by atoms with E-state index < -0.39 is 0 Å². The number of rotatable bonds is 4. The topological polar surface area (TPSA) is 81.1 Å². The molecule has 84 valence electrons. The molecule has 0 spiro atoms. The second-order valence-electron chi connectivity index (χ2n) is 3.57. The number of likely N-dealkylation sites (N-methyl/N-ethyl adjacent to an activating group) is 1. The van der Waals surface area contributed by atoms with Crippen LogP contribution in [0.15, 0.2) is 5.11 Å². The molecule has 1 saturated heterocycles. The largest absolute Gasteiger partial charge is 0.342 e. The van der Waals surface area contributed by atoms with Crippen LogP contribution in [-0.4, -0.2) is 42.5 Å². The Morgan fingerprint density at radius 2 is 2.27 bits per heavy atom. The molecule has 1 heterocycles. The van der Waals surface area contributed by atoms with Crippen molar-refractivity contribution in [2.45, 2.75) is 32.4 Å². The van der Waals surface area contributed by atoms with Crippen LogP contribution < -0.4 is 5.32 Å². The van der Waals surface area contributed by atoms with Crippen LogP contribution in [0, 0.1) is 0 Å². The van der Waals surface area contributed by atoms with Crippen molar-refractivity contribution in [1.82, 2.24) is 10.2 Å². The Bertz CT molecular complexity index is 270. The van der Waals surface area contributed by atoms with Crippen molar-refractivity contribution in [2.75, 3.05) is 19.6 Å². The number of amides is 1. The lowest BCUT2D eigenvalue weighted by Crippen LogP contribution is -2.43. The Labute approximate surface area is 89.3 Å². The molecule has 0 aromatic rings. The fourth-order valence-corrected chi connectivity index (χ4v) is 1.82. The molecule has 15 heavy (non-hydrogen) atoms. The van der Waals surface area contributed by atoms with Gasteiger partial charge in [-0.15, -0.1) is 0 Å². The third kappa shape index (κ3) is 2.84. The number of hydrogen-bond acceptors (Lipinski definition) is 3. The van der Waals surface area contributed by atoms with E-state index in [0.29, 0.717) is 13.0 Å². The molecule has 0 bridgehead atoms. The predicted molar refractivity (Wildman–Crippen MR) is 57.3 cm³/mol. The summed E-state index contributed by atoms with van der Waals surface area (Å²) in [7, 11) is 0. The number of carbonyl (C=O) groups excluding carboxylic acids is 1. The van der Waals surface area contributed by atoms with Crippen LogP contribution in [0.5, 0.6) is 0 Å². The van der Waals surface area contributed by atoms with E-state index in [1.807, 2.05) is 13.8 Å². The molecular weight excluding hydrogens is 194 g/mol. The van der Waals surface area contributed by atoms with Gasteiger partial charge in [-0.3, -0.25) is 4.79 Å². The summed E-state index contributed by atoms with van der Waals surface area (Å²) in [5.41, 5.74) is 8.29. The zero-order valence-corrected chi connectivity index (χ0v) is 9.18. The molecule has 0 aromatic heterocycles. The summed E-state index contributed by atoms with van der Waals surface area (Å²) < 4.78 is 0. The van der Waals surface area contributed by atoms with Crippen LogP contribution in [0.25, 0.3) is 10.4 Å². The number of hydrogen-bond donors (Lipinski definition) is 1. The first-order chi connectivity index (χ1) is 7.22. The number of carbonyl (C=O) groups is 1. The normalized spacial score (nSPS) is 24.7. The molecule has 2 atom stereocenters. The molecular formula is C9H17N5O. The predicted octanol–water partition coefficient (Wildman–Crippen LogP) is 0.896. The number of nitrogens with zero attached hydrogens (tertiary/aromatic N) is 4. The van der Waals surface area contributed by atoms with Crippen LogP contribution in [0.2, 0.25) is 0 Å².